The highest BCUT2D eigenvalue weighted by atomic mass is 79.9. The molecule has 2 heterocycles. The van der Waals surface area contributed by atoms with E-state index in [0.717, 1.165) is 34.2 Å². The van der Waals surface area contributed by atoms with E-state index in [-0.39, 0.29) is 6.61 Å². The monoisotopic (exact) mass is 674 g/mol. The second-order valence-electron chi connectivity index (χ2n) is 10.6. The number of hydrogen-bond acceptors (Lipinski definition) is 6. The standard InChI is InChI=1S/C33H24Br2O6/c1-18-15-19-13-14-27(40-32(37)22-8-3-5-11-25(22)35)28-29(19)33(16-18)38-17-23-20(30(28)41-33)9-6-12-26(23)39-31(36)21-7-2-4-10-24(21)34/h2-14,18,30H,15-17H2,1H3/t18-,30-,33-/m0/s1. The van der Waals surface area contributed by atoms with Crippen LogP contribution < -0.4 is 9.47 Å². The van der Waals surface area contributed by atoms with Gasteiger partial charge in [0.2, 0.25) is 0 Å². The molecule has 3 atom stereocenters. The first-order valence-corrected chi connectivity index (χ1v) is 15.0. The molecule has 2 aliphatic heterocycles. The lowest BCUT2D eigenvalue weighted by Crippen LogP contribution is -2.36. The molecule has 0 unspecified atom stereocenters. The summed E-state index contributed by atoms with van der Waals surface area (Å²) in [6, 6.07) is 23.7. The van der Waals surface area contributed by atoms with E-state index < -0.39 is 23.8 Å². The molecule has 8 heteroatoms. The predicted octanol–water partition coefficient (Wildman–Crippen LogP) is 8.03. The fraction of sp³-hybridized carbons (Fsp3) is 0.212. The van der Waals surface area contributed by atoms with Crippen molar-refractivity contribution in [3.8, 4) is 11.5 Å². The van der Waals surface area contributed by atoms with Crippen LogP contribution in [0.1, 0.15) is 68.0 Å². The average Bonchev–Trinajstić information content (AvgIpc) is 3.20. The Morgan fingerprint density at radius 3 is 2.17 bits per heavy atom. The van der Waals surface area contributed by atoms with Crippen LogP contribution in [-0.2, 0) is 28.3 Å². The first-order chi connectivity index (χ1) is 19.8. The Labute approximate surface area is 253 Å². The van der Waals surface area contributed by atoms with E-state index in [9.17, 15) is 9.59 Å². The van der Waals surface area contributed by atoms with Crippen molar-refractivity contribution in [1.82, 2.24) is 0 Å². The number of fused-ring (bicyclic) bond motifs is 4. The van der Waals surface area contributed by atoms with Gasteiger partial charge < -0.3 is 18.9 Å². The van der Waals surface area contributed by atoms with Crippen molar-refractivity contribution in [3.63, 3.8) is 0 Å². The summed E-state index contributed by atoms with van der Waals surface area (Å²) >= 11 is 6.89. The van der Waals surface area contributed by atoms with Crippen LogP contribution in [0.25, 0.3) is 0 Å². The van der Waals surface area contributed by atoms with Crippen LogP contribution in [0.2, 0.25) is 0 Å². The molecule has 0 saturated carbocycles. The molecule has 0 aromatic heterocycles. The summed E-state index contributed by atoms with van der Waals surface area (Å²) in [5, 5.41) is 0. The summed E-state index contributed by atoms with van der Waals surface area (Å²) in [7, 11) is 0. The second kappa shape index (κ2) is 10.2. The quantitative estimate of drug-likeness (QED) is 0.161. The van der Waals surface area contributed by atoms with Crippen molar-refractivity contribution in [2.45, 2.75) is 38.3 Å². The molecule has 0 N–H and O–H groups in total. The topological polar surface area (TPSA) is 71.1 Å². The largest absolute Gasteiger partial charge is 0.423 e. The molecule has 0 amide bonds. The van der Waals surface area contributed by atoms with Gasteiger partial charge in [0.05, 0.1) is 17.7 Å². The minimum absolute atomic E-state index is 0.206. The third-order valence-corrected chi connectivity index (χ3v) is 9.31. The van der Waals surface area contributed by atoms with Gasteiger partial charge in [0, 0.05) is 32.1 Å². The molecule has 4 aromatic carbocycles. The summed E-state index contributed by atoms with van der Waals surface area (Å²) in [5.74, 6) is -0.787. The normalized spacial score (nSPS) is 21.8. The molecule has 0 saturated heterocycles. The molecule has 0 radical (unpaired) electrons. The third-order valence-electron chi connectivity index (χ3n) is 7.92. The molecule has 41 heavy (non-hydrogen) atoms. The number of hydrogen-bond donors (Lipinski definition) is 0. The summed E-state index contributed by atoms with van der Waals surface area (Å²) in [6.45, 7) is 2.39. The maximum Gasteiger partial charge on any atom is 0.344 e. The Kier molecular flexibility index (Phi) is 6.62. The minimum atomic E-state index is -0.995. The lowest BCUT2D eigenvalue weighted by atomic mass is 9.78. The molecule has 4 aromatic rings. The van der Waals surface area contributed by atoms with Gasteiger partial charge in [0.1, 0.15) is 17.6 Å². The summed E-state index contributed by atoms with van der Waals surface area (Å²) < 4.78 is 26.7. The van der Waals surface area contributed by atoms with Crippen LogP contribution >= 0.6 is 31.9 Å². The molecular weight excluding hydrogens is 652 g/mol. The van der Waals surface area contributed by atoms with Crippen LogP contribution in [0, 0.1) is 5.92 Å². The maximum atomic E-state index is 13.3. The SMILES string of the molecule is C[C@H]1Cc2ccc(OC(=O)c3ccccc3Br)c3c2[C@@]2(C1)OCc1c(OC(=O)c4ccccc4Br)cccc1[C@@H]3O2. The molecule has 1 spiro atoms. The maximum absolute atomic E-state index is 13.3. The lowest BCUT2D eigenvalue weighted by molar-refractivity contribution is -0.260. The van der Waals surface area contributed by atoms with Crippen LogP contribution in [0.3, 0.4) is 0 Å². The molecule has 206 valence electrons. The van der Waals surface area contributed by atoms with Crippen LogP contribution in [0.15, 0.2) is 87.8 Å². The fourth-order valence-electron chi connectivity index (χ4n) is 6.19. The van der Waals surface area contributed by atoms with Gasteiger partial charge >= 0.3 is 11.9 Å². The smallest absolute Gasteiger partial charge is 0.344 e. The molecular formula is C33H24Br2O6. The van der Waals surface area contributed by atoms with Crippen LogP contribution in [0.5, 0.6) is 11.5 Å². The van der Waals surface area contributed by atoms with Gasteiger partial charge in [0.25, 0.3) is 0 Å². The van der Waals surface area contributed by atoms with Gasteiger partial charge in [-0.2, -0.15) is 0 Å². The Morgan fingerprint density at radius 1 is 0.829 bits per heavy atom. The lowest BCUT2D eigenvalue weighted by Gasteiger charge is -2.37. The Balaban J connectivity index is 1.33. The Hall–Kier alpha value is -3.30. The van der Waals surface area contributed by atoms with Crippen molar-refractivity contribution >= 4 is 43.8 Å². The van der Waals surface area contributed by atoms with Crippen molar-refractivity contribution in [2.24, 2.45) is 5.92 Å². The zero-order valence-corrected chi connectivity index (χ0v) is 25.2. The number of carbonyl (C=O) groups is 2. The van der Waals surface area contributed by atoms with Gasteiger partial charge in [-0.05, 0) is 91.7 Å². The first-order valence-electron chi connectivity index (χ1n) is 13.4. The van der Waals surface area contributed by atoms with Gasteiger partial charge in [-0.25, -0.2) is 9.59 Å². The zero-order valence-electron chi connectivity index (χ0n) is 22.0. The highest BCUT2D eigenvalue weighted by Crippen LogP contribution is 2.59. The average molecular weight is 676 g/mol. The van der Waals surface area contributed by atoms with Crippen molar-refractivity contribution in [2.75, 3.05) is 0 Å². The molecule has 3 aliphatic rings. The third kappa shape index (κ3) is 4.45. The van der Waals surface area contributed by atoms with Gasteiger partial charge in [-0.1, -0.05) is 49.4 Å². The second-order valence-corrected chi connectivity index (χ2v) is 12.3. The number of esters is 2. The number of ether oxygens (including phenoxy) is 4. The van der Waals surface area contributed by atoms with Crippen molar-refractivity contribution in [3.05, 3.63) is 127 Å². The molecule has 0 fully saturated rings. The van der Waals surface area contributed by atoms with E-state index in [2.05, 4.69) is 38.8 Å². The highest BCUT2D eigenvalue weighted by molar-refractivity contribution is 9.10. The highest BCUT2D eigenvalue weighted by Gasteiger charge is 2.54. The van der Waals surface area contributed by atoms with Gasteiger partial charge in [-0.3, -0.25) is 0 Å². The summed E-state index contributed by atoms with van der Waals surface area (Å²) in [5.41, 5.74) is 5.25. The van der Waals surface area contributed by atoms with Crippen LogP contribution in [0.4, 0.5) is 0 Å². The summed E-state index contributed by atoms with van der Waals surface area (Å²) in [6.07, 6.45) is 0.959. The molecule has 1 aliphatic carbocycles. The molecule has 6 nitrogen and oxygen atoms in total. The molecule has 2 bridgehead atoms. The fourth-order valence-corrected chi connectivity index (χ4v) is 7.09. The summed E-state index contributed by atoms with van der Waals surface area (Å²) in [4.78, 5) is 26.4. The number of rotatable bonds is 4. The van der Waals surface area contributed by atoms with Crippen molar-refractivity contribution in [1.29, 1.82) is 0 Å². The van der Waals surface area contributed by atoms with Gasteiger partial charge in [0.15, 0.2) is 5.79 Å². The number of halogens is 2. The molecule has 7 rings (SSSR count). The first kappa shape index (κ1) is 26.6. The zero-order chi connectivity index (χ0) is 28.3. The Morgan fingerprint density at radius 2 is 1.49 bits per heavy atom. The predicted molar refractivity (Wildman–Crippen MR) is 158 cm³/mol. The van der Waals surface area contributed by atoms with E-state index in [1.165, 1.54) is 0 Å². The van der Waals surface area contributed by atoms with E-state index in [0.29, 0.717) is 43.9 Å². The van der Waals surface area contributed by atoms with E-state index >= 15 is 0 Å². The van der Waals surface area contributed by atoms with E-state index in [1.807, 2.05) is 36.4 Å². The van der Waals surface area contributed by atoms with Gasteiger partial charge in [-0.15, -0.1) is 0 Å². The Bertz CT molecular complexity index is 1730. The van der Waals surface area contributed by atoms with Crippen LogP contribution in [-0.4, -0.2) is 11.9 Å². The number of carbonyl (C=O) groups excluding carboxylic acids is 2. The number of benzene rings is 4. The van der Waals surface area contributed by atoms with E-state index in [1.54, 1.807) is 42.5 Å². The van der Waals surface area contributed by atoms with E-state index in [4.69, 9.17) is 18.9 Å². The minimum Gasteiger partial charge on any atom is -0.423 e. The van der Waals surface area contributed by atoms with Crippen molar-refractivity contribution < 1.29 is 28.5 Å².